The van der Waals surface area contributed by atoms with Crippen molar-refractivity contribution in [3.05, 3.63) is 51.8 Å². The number of piperazine rings is 1. The number of nitrogens with zero attached hydrogens (tertiary/aromatic N) is 5. The molecule has 140 valence electrons. The Hall–Kier alpha value is -2.21. The van der Waals surface area contributed by atoms with Crippen molar-refractivity contribution in [1.82, 2.24) is 19.4 Å². The first-order valence-electron chi connectivity index (χ1n) is 9.21. The van der Waals surface area contributed by atoms with E-state index in [2.05, 4.69) is 46.6 Å². The summed E-state index contributed by atoms with van der Waals surface area (Å²) in [6.45, 7) is 13.1. The minimum Gasteiger partial charge on any atom is -0.354 e. The van der Waals surface area contributed by atoms with Crippen LogP contribution in [0.15, 0.2) is 29.2 Å². The Kier molecular flexibility index (Phi) is 5.14. The van der Waals surface area contributed by atoms with E-state index in [4.69, 9.17) is 0 Å². The van der Waals surface area contributed by atoms with Crippen LogP contribution in [0.25, 0.3) is 0 Å². The Morgan fingerprint density at radius 3 is 2.38 bits per heavy atom. The second kappa shape index (κ2) is 7.19. The van der Waals surface area contributed by atoms with Crippen molar-refractivity contribution in [1.29, 1.82) is 0 Å². The molecule has 6 nitrogen and oxygen atoms in total. The standard InChI is InChI=1S/C20H29N5O/c1-15-21-17(20(2,3)4)13-18(22-15)25-10-8-24(9-11-25)14-16-6-7-23(5)19(26)12-16/h6-7,12-13H,8-11,14H2,1-5H3. The van der Waals surface area contributed by atoms with Crippen LogP contribution in [0.2, 0.25) is 0 Å². The average Bonchev–Trinajstić information content (AvgIpc) is 2.57. The maximum atomic E-state index is 11.8. The van der Waals surface area contributed by atoms with Gasteiger partial charge in [0.25, 0.3) is 5.56 Å². The van der Waals surface area contributed by atoms with E-state index in [0.717, 1.165) is 55.6 Å². The lowest BCUT2D eigenvalue weighted by molar-refractivity contribution is 0.249. The molecule has 0 bridgehead atoms. The van der Waals surface area contributed by atoms with Crippen molar-refractivity contribution in [2.24, 2.45) is 7.05 Å². The number of aromatic nitrogens is 3. The van der Waals surface area contributed by atoms with Gasteiger partial charge in [0.15, 0.2) is 0 Å². The van der Waals surface area contributed by atoms with Gasteiger partial charge in [0.1, 0.15) is 11.6 Å². The molecule has 0 unspecified atom stereocenters. The van der Waals surface area contributed by atoms with Gasteiger partial charge in [-0.3, -0.25) is 9.69 Å². The van der Waals surface area contributed by atoms with Crippen LogP contribution < -0.4 is 10.5 Å². The number of hydrogen-bond acceptors (Lipinski definition) is 5. The van der Waals surface area contributed by atoms with Gasteiger partial charge in [-0.05, 0) is 18.6 Å². The van der Waals surface area contributed by atoms with Crippen molar-refractivity contribution in [2.75, 3.05) is 31.1 Å². The molecule has 1 fully saturated rings. The van der Waals surface area contributed by atoms with E-state index in [1.807, 2.05) is 19.2 Å². The number of aryl methyl sites for hydroxylation is 2. The first-order valence-corrected chi connectivity index (χ1v) is 9.21. The molecule has 0 saturated carbocycles. The molecule has 2 aromatic rings. The Balaban J connectivity index is 1.66. The van der Waals surface area contributed by atoms with E-state index in [-0.39, 0.29) is 11.0 Å². The summed E-state index contributed by atoms with van der Waals surface area (Å²) in [6.07, 6.45) is 1.84. The SMILES string of the molecule is Cc1nc(N2CCN(Cc3ccn(C)c(=O)c3)CC2)cc(C(C)(C)C)n1. The number of hydrogen-bond donors (Lipinski definition) is 0. The normalized spacial score (nSPS) is 16.1. The molecule has 3 rings (SSSR count). The third-order valence-corrected chi connectivity index (χ3v) is 4.86. The van der Waals surface area contributed by atoms with E-state index in [1.54, 1.807) is 17.7 Å². The zero-order chi connectivity index (χ0) is 18.9. The second-order valence-electron chi connectivity index (χ2n) is 8.16. The second-order valence-corrected chi connectivity index (χ2v) is 8.16. The van der Waals surface area contributed by atoms with Crippen LogP contribution in [0.5, 0.6) is 0 Å². The highest BCUT2D eigenvalue weighted by Gasteiger charge is 2.22. The average molecular weight is 355 g/mol. The molecule has 2 aromatic heterocycles. The topological polar surface area (TPSA) is 54.3 Å². The number of pyridine rings is 1. The van der Waals surface area contributed by atoms with Gasteiger partial charge in [-0.25, -0.2) is 9.97 Å². The fourth-order valence-electron chi connectivity index (χ4n) is 3.18. The van der Waals surface area contributed by atoms with Crippen LogP contribution in [0.3, 0.4) is 0 Å². The largest absolute Gasteiger partial charge is 0.354 e. The van der Waals surface area contributed by atoms with Gasteiger partial charge in [0.2, 0.25) is 0 Å². The molecule has 0 atom stereocenters. The number of rotatable bonds is 3. The van der Waals surface area contributed by atoms with E-state index in [1.165, 1.54) is 0 Å². The van der Waals surface area contributed by atoms with E-state index < -0.39 is 0 Å². The molecule has 0 amide bonds. The maximum Gasteiger partial charge on any atom is 0.250 e. The quantitative estimate of drug-likeness (QED) is 0.844. The summed E-state index contributed by atoms with van der Waals surface area (Å²) >= 11 is 0. The molecule has 6 heteroatoms. The summed E-state index contributed by atoms with van der Waals surface area (Å²) < 4.78 is 1.60. The third-order valence-electron chi connectivity index (χ3n) is 4.86. The summed E-state index contributed by atoms with van der Waals surface area (Å²) in [7, 11) is 1.78. The summed E-state index contributed by atoms with van der Waals surface area (Å²) in [6, 6.07) is 5.89. The van der Waals surface area contributed by atoms with Gasteiger partial charge in [-0.2, -0.15) is 0 Å². The molecule has 0 spiro atoms. The predicted molar refractivity (Wildman–Crippen MR) is 105 cm³/mol. The molecule has 0 N–H and O–H groups in total. The molecule has 0 radical (unpaired) electrons. The van der Waals surface area contributed by atoms with Crippen molar-refractivity contribution in [2.45, 2.75) is 39.7 Å². The minimum atomic E-state index is 0.0176. The smallest absolute Gasteiger partial charge is 0.250 e. The maximum absolute atomic E-state index is 11.8. The van der Waals surface area contributed by atoms with Gasteiger partial charge < -0.3 is 9.47 Å². The predicted octanol–water partition coefficient (Wildman–Crippen LogP) is 2.10. The van der Waals surface area contributed by atoms with Gasteiger partial charge in [0.05, 0.1) is 5.69 Å². The third kappa shape index (κ3) is 4.30. The molecule has 1 saturated heterocycles. The highest BCUT2D eigenvalue weighted by molar-refractivity contribution is 5.42. The molecule has 1 aliphatic heterocycles. The molecule has 26 heavy (non-hydrogen) atoms. The summed E-state index contributed by atoms with van der Waals surface area (Å²) in [5.41, 5.74) is 2.23. The lowest BCUT2D eigenvalue weighted by Crippen LogP contribution is -2.46. The van der Waals surface area contributed by atoms with Crippen molar-refractivity contribution in [3.8, 4) is 0 Å². The van der Waals surface area contributed by atoms with Crippen LogP contribution in [-0.2, 0) is 19.0 Å². The lowest BCUT2D eigenvalue weighted by Gasteiger charge is -2.36. The highest BCUT2D eigenvalue weighted by atomic mass is 16.1. The van der Waals surface area contributed by atoms with Crippen molar-refractivity contribution in [3.63, 3.8) is 0 Å². The first kappa shape index (κ1) is 18.6. The molecular weight excluding hydrogens is 326 g/mol. The van der Waals surface area contributed by atoms with Gasteiger partial charge in [-0.1, -0.05) is 20.8 Å². The summed E-state index contributed by atoms with van der Waals surface area (Å²) in [4.78, 5) is 25.8. The minimum absolute atomic E-state index is 0.0176. The molecular formula is C20H29N5O. The van der Waals surface area contributed by atoms with Crippen molar-refractivity contribution < 1.29 is 0 Å². The van der Waals surface area contributed by atoms with Crippen LogP contribution in [0.1, 0.15) is 37.9 Å². The number of anilines is 1. The molecule has 1 aliphatic rings. The molecule has 3 heterocycles. The summed E-state index contributed by atoms with van der Waals surface area (Å²) in [5.74, 6) is 1.85. The Morgan fingerprint density at radius 2 is 1.77 bits per heavy atom. The fourth-order valence-corrected chi connectivity index (χ4v) is 3.18. The van der Waals surface area contributed by atoms with E-state index in [0.29, 0.717) is 0 Å². The van der Waals surface area contributed by atoms with E-state index >= 15 is 0 Å². The Morgan fingerprint density at radius 1 is 1.08 bits per heavy atom. The van der Waals surface area contributed by atoms with Crippen LogP contribution in [0, 0.1) is 6.92 Å². The van der Waals surface area contributed by atoms with Gasteiger partial charge in [0, 0.05) is 63.5 Å². The molecule has 0 aliphatic carbocycles. The van der Waals surface area contributed by atoms with Crippen LogP contribution in [-0.4, -0.2) is 45.6 Å². The fraction of sp³-hybridized carbons (Fsp3) is 0.550. The van der Waals surface area contributed by atoms with Crippen LogP contribution >= 0.6 is 0 Å². The van der Waals surface area contributed by atoms with E-state index in [9.17, 15) is 4.79 Å². The Bertz CT molecular complexity index is 829. The highest BCUT2D eigenvalue weighted by Crippen LogP contribution is 2.24. The van der Waals surface area contributed by atoms with Crippen LogP contribution in [0.4, 0.5) is 5.82 Å². The zero-order valence-corrected chi connectivity index (χ0v) is 16.5. The zero-order valence-electron chi connectivity index (χ0n) is 16.5. The first-order chi connectivity index (χ1) is 12.2. The lowest BCUT2D eigenvalue weighted by atomic mass is 9.92. The summed E-state index contributed by atoms with van der Waals surface area (Å²) in [5, 5.41) is 0. The van der Waals surface area contributed by atoms with Gasteiger partial charge in [-0.15, -0.1) is 0 Å². The molecule has 0 aromatic carbocycles. The van der Waals surface area contributed by atoms with Gasteiger partial charge >= 0.3 is 0 Å². The van der Waals surface area contributed by atoms with Crippen molar-refractivity contribution >= 4 is 5.82 Å². The monoisotopic (exact) mass is 355 g/mol. The Labute approximate surface area is 155 Å².